The van der Waals surface area contributed by atoms with Gasteiger partial charge in [0.15, 0.2) is 0 Å². The van der Waals surface area contributed by atoms with E-state index in [0.29, 0.717) is 10.2 Å². The van der Waals surface area contributed by atoms with Crippen LogP contribution >= 0.6 is 22.6 Å². The van der Waals surface area contributed by atoms with E-state index in [9.17, 15) is 0 Å². The van der Waals surface area contributed by atoms with E-state index in [2.05, 4.69) is 29.5 Å². The number of hydrogen-bond donors (Lipinski definition) is 0. The minimum absolute atomic E-state index is 0.521. The lowest BCUT2D eigenvalue weighted by atomic mass is 10.6. The van der Waals surface area contributed by atoms with Crippen molar-refractivity contribution in [1.29, 1.82) is 0 Å². The lowest BCUT2D eigenvalue weighted by molar-refractivity contribution is 0.418. The van der Waals surface area contributed by atoms with E-state index in [-0.39, 0.29) is 0 Å². The Bertz CT molecular complexity index is 40.2. The van der Waals surface area contributed by atoms with Crippen molar-refractivity contribution in [3.05, 3.63) is 0 Å². The molecule has 0 aromatic carbocycles. The smallest absolute Gasteiger partial charge is 0.135 e. The van der Waals surface area contributed by atoms with Crippen molar-refractivity contribution >= 4 is 22.6 Å². The van der Waals surface area contributed by atoms with Gasteiger partial charge in [0.1, 0.15) is 4.11 Å². The summed E-state index contributed by atoms with van der Waals surface area (Å²) in [7, 11) is 0. The van der Waals surface area contributed by atoms with Gasteiger partial charge in [0.25, 0.3) is 0 Å². The second-order valence-corrected chi connectivity index (χ2v) is 2.42. The summed E-state index contributed by atoms with van der Waals surface area (Å²) in [6, 6.07) is 0. The molecule has 1 aliphatic rings. The van der Waals surface area contributed by atoms with E-state index < -0.39 is 0 Å². The Labute approximate surface area is 44.8 Å². The van der Waals surface area contributed by atoms with Crippen molar-refractivity contribution in [1.82, 2.24) is 0 Å². The van der Waals surface area contributed by atoms with Crippen LogP contribution in [0.4, 0.5) is 0 Å². The lowest BCUT2D eigenvalue weighted by Gasteiger charge is -1.55. The summed E-state index contributed by atoms with van der Waals surface area (Å²) in [6.07, 6.45) is 0.538. The molecule has 1 rings (SSSR count). The van der Waals surface area contributed by atoms with Gasteiger partial charge in [-0.25, -0.2) is 0 Å². The monoisotopic (exact) mass is 184 g/mol. The van der Waals surface area contributed by atoms with Crippen LogP contribution in [0.2, 0.25) is 0 Å². The van der Waals surface area contributed by atoms with Crippen LogP contribution in [0.5, 0.6) is 0 Å². The quantitative estimate of drug-likeness (QED) is 0.312. The van der Waals surface area contributed by atoms with Gasteiger partial charge in [0.2, 0.25) is 0 Å². The van der Waals surface area contributed by atoms with E-state index >= 15 is 0 Å². The van der Waals surface area contributed by atoms with E-state index in [4.69, 9.17) is 4.74 Å². The minimum atomic E-state index is 0.521. The van der Waals surface area contributed by atoms with E-state index in [1.165, 1.54) is 0 Å². The van der Waals surface area contributed by atoms with Crippen LogP contribution in [-0.4, -0.2) is 10.2 Å². The highest BCUT2D eigenvalue weighted by molar-refractivity contribution is 14.1. The molecule has 2 atom stereocenters. The Morgan fingerprint density at radius 3 is 2.00 bits per heavy atom. The zero-order valence-electron chi connectivity index (χ0n) is 2.94. The van der Waals surface area contributed by atoms with Crippen LogP contribution in [0.1, 0.15) is 6.92 Å². The van der Waals surface area contributed by atoms with Gasteiger partial charge in [-0.15, -0.1) is 0 Å². The Morgan fingerprint density at radius 2 is 2.00 bits per heavy atom. The highest BCUT2D eigenvalue weighted by Gasteiger charge is 2.30. The molecule has 0 radical (unpaired) electrons. The number of halogens is 1. The number of alkyl halides is 1. The molecule has 0 aliphatic carbocycles. The molecule has 0 N–H and O–H groups in total. The zero-order chi connectivity index (χ0) is 3.86. The molecule has 30 valence electrons. The third-order valence-electron chi connectivity index (χ3n) is 0.637. The molecule has 0 bridgehead atoms. The molecule has 5 heavy (non-hydrogen) atoms. The molecule has 0 amide bonds. The fraction of sp³-hybridized carbons (Fsp3) is 1.00. The van der Waals surface area contributed by atoms with Crippen LogP contribution < -0.4 is 0 Å². The molecule has 1 saturated heterocycles. The predicted molar refractivity (Wildman–Crippen MR) is 28.4 cm³/mol. The minimum Gasteiger partial charge on any atom is -0.359 e. The van der Waals surface area contributed by atoms with Gasteiger partial charge in [-0.05, 0) is 29.5 Å². The molecule has 2 unspecified atom stereocenters. The van der Waals surface area contributed by atoms with Crippen molar-refractivity contribution in [2.45, 2.75) is 17.1 Å². The van der Waals surface area contributed by atoms with Gasteiger partial charge in [-0.3, -0.25) is 0 Å². The van der Waals surface area contributed by atoms with Crippen molar-refractivity contribution in [3.63, 3.8) is 0 Å². The van der Waals surface area contributed by atoms with Gasteiger partial charge >= 0.3 is 0 Å². The fourth-order valence-corrected chi connectivity index (χ4v) is 0.623. The van der Waals surface area contributed by atoms with Gasteiger partial charge in [-0.1, -0.05) is 0 Å². The number of rotatable bonds is 0. The topological polar surface area (TPSA) is 12.5 Å². The first-order valence-electron chi connectivity index (χ1n) is 1.60. The van der Waals surface area contributed by atoms with Crippen LogP contribution in [0, 0.1) is 0 Å². The fourth-order valence-electron chi connectivity index (χ4n) is 0.160. The average Bonchev–Trinajstić information content (AvgIpc) is 1.79. The molecular weight excluding hydrogens is 179 g/mol. The molecule has 0 aromatic rings. The average molecular weight is 184 g/mol. The maximum Gasteiger partial charge on any atom is 0.135 e. The van der Waals surface area contributed by atoms with Crippen molar-refractivity contribution in [2.75, 3.05) is 0 Å². The highest BCUT2D eigenvalue weighted by Crippen LogP contribution is 2.26. The summed E-state index contributed by atoms with van der Waals surface area (Å²) < 4.78 is 5.42. The molecule has 0 spiro atoms. The first kappa shape index (κ1) is 3.87. The number of epoxide rings is 1. The molecule has 0 aromatic heterocycles. The Morgan fingerprint density at radius 1 is 1.80 bits per heavy atom. The summed E-state index contributed by atoms with van der Waals surface area (Å²) in [5.74, 6) is 0. The summed E-state index contributed by atoms with van der Waals surface area (Å²) in [5.41, 5.74) is 0. The maximum atomic E-state index is 4.90. The van der Waals surface area contributed by atoms with Crippen LogP contribution in [0.15, 0.2) is 0 Å². The first-order chi connectivity index (χ1) is 2.30. The highest BCUT2D eigenvalue weighted by atomic mass is 127. The summed E-state index contributed by atoms with van der Waals surface area (Å²) in [4.78, 5) is 0. The standard InChI is InChI=1S/C3H5IO/c1-2-3(4)5-2/h2-3H,1H3. The number of hydrogen-bond acceptors (Lipinski definition) is 1. The molecule has 1 aliphatic heterocycles. The number of ether oxygens (including phenoxy) is 1. The normalized spacial score (nSPS) is 49.2. The molecule has 0 saturated carbocycles. The zero-order valence-corrected chi connectivity index (χ0v) is 5.10. The van der Waals surface area contributed by atoms with Crippen LogP contribution in [0.3, 0.4) is 0 Å². The maximum absolute atomic E-state index is 4.90. The van der Waals surface area contributed by atoms with E-state index in [1.807, 2.05) is 0 Å². The van der Waals surface area contributed by atoms with E-state index in [1.54, 1.807) is 0 Å². The molecule has 1 heterocycles. The third-order valence-corrected chi connectivity index (χ3v) is 1.94. The van der Waals surface area contributed by atoms with E-state index in [0.717, 1.165) is 0 Å². The summed E-state index contributed by atoms with van der Waals surface area (Å²) >= 11 is 2.26. The van der Waals surface area contributed by atoms with Crippen LogP contribution in [-0.2, 0) is 4.74 Å². The predicted octanol–water partition coefficient (Wildman–Crippen LogP) is 1.17. The largest absolute Gasteiger partial charge is 0.359 e. The summed E-state index contributed by atoms with van der Waals surface area (Å²) in [6.45, 7) is 2.07. The molecule has 1 nitrogen and oxygen atoms in total. The first-order valence-corrected chi connectivity index (χ1v) is 2.85. The second kappa shape index (κ2) is 1.08. The van der Waals surface area contributed by atoms with Crippen molar-refractivity contribution in [2.24, 2.45) is 0 Å². The summed E-state index contributed by atoms with van der Waals surface area (Å²) in [5, 5.41) is 0. The van der Waals surface area contributed by atoms with Crippen molar-refractivity contribution in [3.8, 4) is 0 Å². The second-order valence-electron chi connectivity index (χ2n) is 1.19. The van der Waals surface area contributed by atoms with Gasteiger partial charge < -0.3 is 4.74 Å². The van der Waals surface area contributed by atoms with Gasteiger partial charge in [-0.2, -0.15) is 0 Å². The van der Waals surface area contributed by atoms with Crippen LogP contribution in [0.25, 0.3) is 0 Å². The van der Waals surface area contributed by atoms with Gasteiger partial charge in [0.05, 0.1) is 6.10 Å². The third kappa shape index (κ3) is 0.758. The van der Waals surface area contributed by atoms with Gasteiger partial charge in [0, 0.05) is 0 Å². The molecular formula is C3H5IO. The Balaban J connectivity index is 2.20. The molecule has 1 fully saturated rings. The molecule has 2 heteroatoms. The lowest BCUT2D eigenvalue weighted by Crippen LogP contribution is -1.68. The SMILES string of the molecule is CC1OC1I. The Kier molecular flexibility index (Phi) is 0.835. The van der Waals surface area contributed by atoms with Crippen molar-refractivity contribution < 1.29 is 4.74 Å². The Hall–Kier alpha value is 0.690.